The third kappa shape index (κ3) is 3.43. The molecule has 3 aromatic heterocycles. The molecule has 0 aliphatic carbocycles. The van der Waals surface area contributed by atoms with Crippen molar-refractivity contribution in [1.29, 1.82) is 0 Å². The predicted molar refractivity (Wildman–Crippen MR) is 99.7 cm³/mol. The number of ether oxygens (including phenoxy) is 2. The molecule has 0 saturated carbocycles. The number of hydrogen-bond donors (Lipinski definition) is 2. The summed E-state index contributed by atoms with van der Waals surface area (Å²) in [5.41, 5.74) is 2.19. The van der Waals surface area contributed by atoms with Crippen LogP contribution in [-0.2, 0) is 4.74 Å². The number of pyridine rings is 1. The zero-order chi connectivity index (χ0) is 19.0. The number of aromatic amines is 1. The molecule has 1 aliphatic heterocycles. The van der Waals surface area contributed by atoms with Crippen molar-refractivity contribution < 1.29 is 14.6 Å². The van der Waals surface area contributed by atoms with Gasteiger partial charge in [-0.3, -0.25) is 5.10 Å². The van der Waals surface area contributed by atoms with Crippen LogP contribution in [0.25, 0.3) is 22.3 Å². The van der Waals surface area contributed by atoms with Crippen molar-refractivity contribution in [3.63, 3.8) is 0 Å². The molecule has 1 fully saturated rings. The van der Waals surface area contributed by atoms with E-state index >= 15 is 0 Å². The van der Waals surface area contributed by atoms with Gasteiger partial charge in [0.25, 0.3) is 0 Å². The van der Waals surface area contributed by atoms with Crippen molar-refractivity contribution in [1.82, 2.24) is 25.1 Å². The van der Waals surface area contributed by atoms with E-state index in [2.05, 4.69) is 25.1 Å². The summed E-state index contributed by atoms with van der Waals surface area (Å²) < 4.78 is 11.0. The van der Waals surface area contributed by atoms with Gasteiger partial charge in [-0.25, -0.2) is 15.0 Å². The van der Waals surface area contributed by atoms with Gasteiger partial charge in [0, 0.05) is 37.7 Å². The summed E-state index contributed by atoms with van der Waals surface area (Å²) in [5, 5.41) is 18.3. The second-order valence-electron chi connectivity index (χ2n) is 6.81. The monoisotopic (exact) mass is 370 g/mol. The largest absolute Gasteiger partial charge is 0.475 e. The molecular weight excluding hydrogens is 348 g/mol. The maximum Gasteiger partial charge on any atom is 0.214 e. The van der Waals surface area contributed by atoms with Crippen molar-refractivity contribution in [3.05, 3.63) is 24.7 Å². The normalized spacial score (nSPS) is 20.0. The van der Waals surface area contributed by atoms with Gasteiger partial charge >= 0.3 is 0 Å². The van der Waals surface area contributed by atoms with Crippen LogP contribution in [0.3, 0.4) is 0 Å². The van der Waals surface area contributed by atoms with Gasteiger partial charge in [-0.05, 0) is 13.8 Å². The number of nitrogens with one attached hydrogen (secondary N) is 1. The minimum absolute atomic E-state index is 0.0336. The van der Waals surface area contributed by atoms with E-state index < -0.39 is 6.10 Å². The first-order chi connectivity index (χ1) is 13.0. The molecule has 9 nitrogen and oxygen atoms in total. The van der Waals surface area contributed by atoms with Crippen LogP contribution in [0, 0.1) is 0 Å². The van der Waals surface area contributed by atoms with Crippen molar-refractivity contribution >= 4 is 16.7 Å². The third-order valence-corrected chi connectivity index (χ3v) is 4.54. The lowest BCUT2D eigenvalue weighted by atomic mass is 10.2. The number of anilines is 1. The molecule has 4 heterocycles. The topological polar surface area (TPSA) is 109 Å². The molecule has 0 amide bonds. The first kappa shape index (κ1) is 17.6. The van der Waals surface area contributed by atoms with E-state index in [0.717, 1.165) is 16.7 Å². The number of nitrogens with zero attached hydrogens (tertiary/aromatic N) is 5. The van der Waals surface area contributed by atoms with Crippen molar-refractivity contribution in [2.24, 2.45) is 0 Å². The Kier molecular flexibility index (Phi) is 4.63. The lowest BCUT2D eigenvalue weighted by molar-refractivity contribution is 0.0217. The van der Waals surface area contributed by atoms with Crippen molar-refractivity contribution in [3.8, 4) is 17.3 Å². The number of β-amino-alcohol motifs (C(OH)–C–C–N with tert-alkyl or cyclic N) is 1. The molecule has 1 aliphatic rings. The molecule has 2 atom stereocenters. The number of rotatable bonds is 5. The fourth-order valence-corrected chi connectivity index (χ4v) is 3.22. The van der Waals surface area contributed by atoms with Crippen LogP contribution in [0.15, 0.2) is 24.7 Å². The summed E-state index contributed by atoms with van der Waals surface area (Å²) in [4.78, 5) is 15.0. The average Bonchev–Trinajstić information content (AvgIpc) is 3.24. The lowest BCUT2D eigenvalue weighted by Crippen LogP contribution is -2.25. The zero-order valence-electron chi connectivity index (χ0n) is 15.5. The van der Waals surface area contributed by atoms with Gasteiger partial charge in [0.15, 0.2) is 0 Å². The van der Waals surface area contributed by atoms with Gasteiger partial charge < -0.3 is 19.5 Å². The van der Waals surface area contributed by atoms with Crippen LogP contribution in [0.2, 0.25) is 0 Å². The standard InChI is InChI=1S/C18H22N6O3/c1-10(2)27-17-4-11-13(6-19-17)22-23-18(11)12-5-16(21-9-20-12)24-7-14(25)15(8-24)26-3/h4-6,9-10,14-15,25H,7-8H2,1-3H3,(H,22,23). The first-order valence-corrected chi connectivity index (χ1v) is 8.84. The number of fused-ring (bicyclic) bond motifs is 1. The molecule has 0 radical (unpaired) electrons. The number of aromatic nitrogens is 5. The van der Waals surface area contributed by atoms with Gasteiger partial charge in [0.2, 0.25) is 5.88 Å². The molecule has 4 rings (SSSR count). The highest BCUT2D eigenvalue weighted by molar-refractivity contribution is 5.92. The number of aliphatic hydroxyl groups is 1. The molecular formula is C18H22N6O3. The Balaban J connectivity index is 1.68. The van der Waals surface area contributed by atoms with Gasteiger partial charge in [-0.1, -0.05) is 0 Å². The van der Waals surface area contributed by atoms with Crippen LogP contribution < -0.4 is 9.64 Å². The lowest BCUT2D eigenvalue weighted by Gasteiger charge is -2.16. The first-order valence-electron chi connectivity index (χ1n) is 8.84. The van der Waals surface area contributed by atoms with Crippen molar-refractivity contribution in [2.45, 2.75) is 32.2 Å². The van der Waals surface area contributed by atoms with Crippen LogP contribution in [0.1, 0.15) is 13.8 Å². The fraction of sp³-hybridized carbons (Fsp3) is 0.444. The van der Waals surface area contributed by atoms with Crippen molar-refractivity contribution in [2.75, 3.05) is 25.1 Å². The number of methoxy groups -OCH3 is 1. The second-order valence-corrected chi connectivity index (χ2v) is 6.81. The molecule has 2 N–H and O–H groups in total. The minimum atomic E-state index is -0.540. The fourth-order valence-electron chi connectivity index (χ4n) is 3.22. The summed E-state index contributed by atoms with van der Waals surface area (Å²) in [6.45, 7) is 4.95. The van der Waals surface area contributed by atoms with E-state index in [-0.39, 0.29) is 12.2 Å². The summed E-state index contributed by atoms with van der Waals surface area (Å²) in [5.74, 6) is 1.27. The summed E-state index contributed by atoms with van der Waals surface area (Å²) in [6, 6.07) is 3.72. The number of aliphatic hydroxyl groups excluding tert-OH is 1. The molecule has 3 aromatic rings. The summed E-state index contributed by atoms with van der Waals surface area (Å²) in [7, 11) is 1.60. The maximum atomic E-state index is 10.1. The van der Waals surface area contributed by atoms with E-state index in [1.165, 1.54) is 6.33 Å². The van der Waals surface area contributed by atoms with Crippen LogP contribution in [0.4, 0.5) is 5.82 Å². The molecule has 0 aromatic carbocycles. The highest BCUT2D eigenvalue weighted by Gasteiger charge is 2.32. The Hall–Kier alpha value is -2.78. The van der Waals surface area contributed by atoms with E-state index in [1.54, 1.807) is 13.3 Å². The molecule has 9 heteroatoms. The summed E-state index contributed by atoms with van der Waals surface area (Å²) in [6.07, 6.45) is 2.47. The quantitative estimate of drug-likeness (QED) is 0.694. The Morgan fingerprint density at radius 2 is 2.07 bits per heavy atom. The molecule has 0 bridgehead atoms. The second kappa shape index (κ2) is 7.09. The maximum absolute atomic E-state index is 10.1. The van der Waals surface area contributed by atoms with Gasteiger partial charge in [-0.2, -0.15) is 5.10 Å². The van der Waals surface area contributed by atoms with Crippen LogP contribution in [0.5, 0.6) is 5.88 Å². The van der Waals surface area contributed by atoms with Crippen LogP contribution >= 0.6 is 0 Å². The smallest absolute Gasteiger partial charge is 0.214 e. The number of hydrogen-bond acceptors (Lipinski definition) is 8. The Bertz CT molecular complexity index is 944. The summed E-state index contributed by atoms with van der Waals surface area (Å²) >= 11 is 0. The number of H-pyrrole nitrogens is 1. The highest BCUT2D eigenvalue weighted by atomic mass is 16.5. The van der Waals surface area contributed by atoms with Crippen LogP contribution in [-0.4, -0.2) is 68.8 Å². The predicted octanol–water partition coefficient (Wildman–Crippen LogP) is 1.40. The van der Waals surface area contributed by atoms with E-state index in [1.807, 2.05) is 30.9 Å². The SMILES string of the molecule is COC1CN(c2cc(-c3n[nH]c4cnc(OC(C)C)cc34)ncn2)CC1O. The van der Waals surface area contributed by atoms with E-state index in [0.29, 0.717) is 30.4 Å². The molecule has 0 spiro atoms. The van der Waals surface area contributed by atoms with Gasteiger partial charge in [0.1, 0.15) is 23.9 Å². The Labute approximate surface area is 156 Å². The Morgan fingerprint density at radius 3 is 2.81 bits per heavy atom. The Morgan fingerprint density at radius 1 is 1.22 bits per heavy atom. The highest BCUT2D eigenvalue weighted by Crippen LogP contribution is 2.29. The molecule has 2 unspecified atom stereocenters. The average molecular weight is 370 g/mol. The van der Waals surface area contributed by atoms with Gasteiger partial charge in [0.05, 0.1) is 29.6 Å². The molecule has 27 heavy (non-hydrogen) atoms. The molecule has 1 saturated heterocycles. The zero-order valence-corrected chi connectivity index (χ0v) is 15.5. The molecule has 142 valence electrons. The van der Waals surface area contributed by atoms with E-state index in [4.69, 9.17) is 9.47 Å². The van der Waals surface area contributed by atoms with E-state index in [9.17, 15) is 5.11 Å². The third-order valence-electron chi connectivity index (χ3n) is 4.54. The van der Waals surface area contributed by atoms with Gasteiger partial charge in [-0.15, -0.1) is 0 Å². The minimum Gasteiger partial charge on any atom is -0.475 e.